The summed E-state index contributed by atoms with van der Waals surface area (Å²) < 4.78 is 51.6. The molecule has 0 atom stereocenters. The summed E-state index contributed by atoms with van der Waals surface area (Å²) in [6, 6.07) is 7.88. The molecule has 0 bridgehead atoms. The summed E-state index contributed by atoms with van der Waals surface area (Å²) in [5.41, 5.74) is 2.62. The number of pyridine rings is 1. The van der Waals surface area contributed by atoms with Gasteiger partial charge >= 0.3 is 0 Å². The molecule has 32 heavy (non-hydrogen) atoms. The number of carbonyl (C=O) groups excluding carboxylic acids is 1. The van der Waals surface area contributed by atoms with Gasteiger partial charge in [0.15, 0.2) is 9.84 Å². The van der Waals surface area contributed by atoms with Crippen molar-refractivity contribution in [3.05, 3.63) is 47.2 Å². The molecule has 6 nitrogen and oxygen atoms in total. The largest absolute Gasteiger partial charge is 0.356 e. The van der Waals surface area contributed by atoms with Gasteiger partial charge in [-0.15, -0.1) is 0 Å². The Hall–Kier alpha value is -2.55. The number of benzene rings is 1. The van der Waals surface area contributed by atoms with E-state index in [-0.39, 0.29) is 24.3 Å². The standard InChI is InChI=1S/C23H27F2N3O3S/c1-32(30,31)18-8-4-7-17(15-18)26-22(29)19-14-16-6-2-3-9-20(16)27-21(19)28-12-5-10-23(24,25)11-13-28/h4,7-8,14-15H,2-3,5-6,9-13H2,1H3,(H,26,29). The molecule has 0 saturated carbocycles. The molecule has 1 saturated heterocycles. The van der Waals surface area contributed by atoms with Crippen LogP contribution in [0.2, 0.25) is 0 Å². The first kappa shape index (κ1) is 22.6. The van der Waals surface area contributed by atoms with E-state index < -0.39 is 21.7 Å². The molecule has 1 aliphatic carbocycles. The van der Waals surface area contributed by atoms with Gasteiger partial charge in [-0.2, -0.15) is 0 Å². The Morgan fingerprint density at radius 3 is 2.66 bits per heavy atom. The highest BCUT2D eigenvalue weighted by Crippen LogP contribution is 2.33. The van der Waals surface area contributed by atoms with Crippen molar-refractivity contribution in [2.75, 3.05) is 29.6 Å². The average molecular weight is 464 g/mol. The molecule has 2 aliphatic rings. The molecule has 0 radical (unpaired) electrons. The molecule has 1 fully saturated rings. The Labute approximate surface area is 187 Å². The van der Waals surface area contributed by atoms with Gasteiger partial charge in [0.05, 0.1) is 10.5 Å². The lowest BCUT2D eigenvalue weighted by Gasteiger charge is -2.27. The first-order chi connectivity index (χ1) is 15.1. The van der Waals surface area contributed by atoms with Gasteiger partial charge in [-0.3, -0.25) is 4.79 Å². The van der Waals surface area contributed by atoms with Crippen molar-refractivity contribution < 1.29 is 22.0 Å². The van der Waals surface area contributed by atoms with Crippen molar-refractivity contribution >= 4 is 27.2 Å². The number of aromatic nitrogens is 1. The van der Waals surface area contributed by atoms with Crippen molar-refractivity contribution in [1.82, 2.24) is 4.98 Å². The number of amides is 1. The Bertz CT molecular complexity index is 1140. The lowest BCUT2D eigenvalue weighted by Crippen LogP contribution is -2.30. The van der Waals surface area contributed by atoms with Crippen LogP contribution >= 0.6 is 0 Å². The number of nitrogens with one attached hydrogen (secondary N) is 1. The summed E-state index contributed by atoms with van der Waals surface area (Å²) in [4.78, 5) is 19.9. The second kappa shape index (κ2) is 8.77. The Balaban J connectivity index is 1.68. The zero-order chi connectivity index (χ0) is 22.9. The maximum atomic E-state index is 13.9. The van der Waals surface area contributed by atoms with Crippen molar-refractivity contribution in [2.45, 2.75) is 55.8 Å². The van der Waals surface area contributed by atoms with Crippen LogP contribution in [-0.4, -0.2) is 44.6 Å². The summed E-state index contributed by atoms with van der Waals surface area (Å²) in [6.07, 6.45) is 4.65. The van der Waals surface area contributed by atoms with E-state index in [1.165, 1.54) is 12.1 Å². The number of rotatable bonds is 4. The third kappa shape index (κ3) is 5.09. The highest BCUT2D eigenvalue weighted by molar-refractivity contribution is 7.90. The quantitative estimate of drug-likeness (QED) is 0.734. The molecule has 172 valence electrons. The Kier molecular flexibility index (Phi) is 6.20. The number of alkyl halides is 2. The molecular weight excluding hydrogens is 436 g/mol. The highest BCUT2D eigenvalue weighted by atomic mass is 32.2. The molecule has 2 aromatic rings. The van der Waals surface area contributed by atoms with Gasteiger partial charge in [0.1, 0.15) is 5.82 Å². The van der Waals surface area contributed by atoms with Crippen LogP contribution in [0.5, 0.6) is 0 Å². The molecule has 1 N–H and O–H groups in total. The fourth-order valence-electron chi connectivity index (χ4n) is 4.31. The van der Waals surface area contributed by atoms with E-state index in [2.05, 4.69) is 5.32 Å². The predicted octanol–water partition coefficient (Wildman–Crippen LogP) is 4.24. The summed E-state index contributed by atoms with van der Waals surface area (Å²) in [6.45, 7) is 0.536. The van der Waals surface area contributed by atoms with Crippen LogP contribution in [0.4, 0.5) is 20.3 Å². The second-order valence-corrected chi connectivity index (χ2v) is 10.6. The van der Waals surface area contributed by atoms with Crippen LogP contribution in [0.3, 0.4) is 0 Å². The topological polar surface area (TPSA) is 79.4 Å². The lowest BCUT2D eigenvalue weighted by molar-refractivity contribution is -0.0102. The molecule has 9 heteroatoms. The van der Waals surface area contributed by atoms with Gasteiger partial charge in [-0.25, -0.2) is 22.2 Å². The van der Waals surface area contributed by atoms with Crippen molar-refractivity contribution in [3.63, 3.8) is 0 Å². The van der Waals surface area contributed by atoms with E-state index in [0.717, 1.165) is 43.2 Å². The summed E-state index contributed by atoms with van der Waals surface area (Å²) in [7, 11) is -3.42. The smallest absolute Gasteiger partial charge is 0.259 e. The van der Waals surface area contributed by atoms with E-state index in [9.17, 15) is 22.0 Å². The van der Waals surface area contributed by atoms with E-state index in [1.807, 2.05) is 6.07 Å². The van der Waals surface area contributed by atoms with Gasteiger partial charge in [-0.05, 0) is 61.9 Å². The average Bonchev–Trinajstić information content (AvgIpc) is 2.92. The third-order valence-corrected chi connectivity index (χ3v) is 7.17. The molecule has 1 aromatic heterocycles. The number of halogens is 2. The monoisotopic (exact) mass is 463 g/mol. The molecule has 0 unspecified atom stereocenters. The van der Waals surface area contributed by atoms with Crippen LogP contribution in [-0.2, 0) is 22.7 Å². The minimum absolute atomic E-state index is 0.105. The van der Waals surface area contributed by atoms with Crippen molar-refractivity contribution in [1.29, 1.82) is 0 Å². The van der Waals surface area contributed by atoms with Crippen molar-refractivity contribution in [2.24, 2.45) is 0 Å². The van der Waals surface area contributed by atoms with Crippen LogP contribution < -0.4 is 10.2 Å². The summed E-state index contributed by atoms with van der Waals surface area (Å²) >= 11 is 0. The van der Waals surface area contributed by atoms with E-state index in [0.29, 0.717) is 30.0 Å². The Morgan fingerprint density at radius 2 is 1.88 bits per heavy atom. The number of hydrogen-bond donors (Lipinski definition) is 1. The fourth-order valence-corrected chi connectivity index (χ4v) is 4.98. The minimum atomic E-state index is -3.42. The first-order valence-corrected chi connectivity index (χ1v) is 12.8. The van der Waals surface area contributed by atoms with E-state index >= 15 is 0 Å². The second-order valence-electron chi connectivity index (χ2n) is 8.62. The van der Waals surface area contributed by atoms with Gasteiger partial charge in [0.2, 0.25) is 5.92 Å². The van der Waals surface area contributed by atoms with Crippen LogP contribution in [0.25, 0.3) is 0 Å². The zero-order valence-electron chi connectivity index (χ0n) is 18.0. The van der Waals surface area contributed by atoms with E-state index in [4.69, 9.17) is 4.98 Å². The predicted molar refractivity (Wildman–Crippen MR) is 119 cm³/mol. The summed E-state index contributed by atoms with van der Waals surface area (Å²) in [5, 5.41) is 2.77. The Morgan fingerprint density at radius 1 is 1.09 bits per heavy atom. The third-order valence-electron chi connectivity index (χ3n) is 6.06. The van der Waals surface area contributed by atoms with Gasteiger partial charge in [0, 0.05) is 43.6 Å². The molecule has 1 aliphatic heterocycles. The molecule has 1 aromatic carbocycles. The highest BCUT2D eigenvalue weighted by Gasteiger charge is 2.33. The maximum absolute atomic E-state index is 13.9. The molecule has 1 amide bonds. The minimum Gasteiger partial charge on any atom is -0.356 e. The fraction of sp³-hybridized carbons (Fsp3) is 0.478. The summed E-state index contributed by atoms with van der Waals surface area (Å²) in [5.74, 6) is -2.71. The molecule has 2 heterocycles. The van der Waals surface area contributed by atoms with Crippen LogP contribution in [0.1, 0.15) is 53.7 Å². The number of sulfone groups is 1. The molecule has 0 spiro atoms. The number of fused-ring (bicyclic) bond motifs is 1. The van der Waals surface area contributed by atoms with Gasteiger partial charge in [0.25, 0.3) is 5.91 Å². The van der Waals surface area contributed by atoms with E-state index in [1.54, 1.807) is 17.0 Å². The zero-order valence-corrected chi connectivity index (χ0v) is 18.9. The lowest BCUT2D eigenvalue weighted by atomic mass is 9.94. The van der Waals surface area contributed by atoms with Crippen LogP contribution in [0.15, 0.2) is 35.2 Å². The van der Waals surface area contributed by atoms with Crippen molar-refractivity contribution in [3.8, 4) is 0 Å². The number of nitrogens with zero attached hydrogens (tertiary/aromatic N) is 2. The van der Waals surface area contributed by atoms with Gasteiger partial charge < -0.3 is 10.2 Å². The normalized spacial score (nSPS) is 18.5. The number of carbonyl (C=O) groups is 1. The van der Waals surface area contributed by atoms with Gasteiger partial charge in [-0.1, -0.05) is 6.07 Å². The van der Waals surface area contributed by atoms with Crippen LogP contribution in [0, 0.1) is 0 Å². The molecule has 4 rings (SSSR count). The maximum Gasteiger partial charge on any atom is 0.259 e. The number of anilines is 2. The number of aryl methyl sites for hydroxylation is 2. The molecular formula is C23H27F2N3O3S. The number of hydrogen-bond acceptors (Lipinski definition) is 5. The SMILES string of the molecule is CS(=O)(=O)c1cccc(NC(=O)c2cc3c(nc2N2CCCC(F)(F)CC2)CCCC3)c1. The first-order valence-electron chi connectivity index (χ1n) is 10.9.